The largest absolute Gasteiger partial charge is 0.348 e. The molecule has 0 heterocycles. The molecule has 0 saturated heterocycles. The lowest BCUT2D eigenvalue weighted by atomic mass is 9.89. The van der Waals surface area contributed by atoms with Crippen molar-refractivity contribution >= 4 is 18.3 Å². The van der Waals surface area contributed by atoms with Crippen LogP contribution in [0, 0.1) is 5.82 Å². The number of nitrogens with one attached hydrogen (secondary N) is 1. The minimum Gasteiger partial charge on any atom is -0.348 e. The Bertz CT molecular complexity index is 436. The summed E-state index contributed by atoms with van der Waals surface area (Å²) in [5.41, 5.74) is 0.518. The van der Waals surface area contributed by atoms with E-state index in [0.717, 1.165) is 19.3 Å². The van der Waals surface area contributed by atoms with E-state index < -0.39 is 0 Å². The zero-order valence-corrected chi connectivity index (χ0v) is 12.8. The molecule has 0 radical (unpaired) electrons. The average molecular weight is 301 g/mol. The van der Waals surface area contributed by atoms with Gasteiger partial charge in [-0.15, -0.1) is 12.4 Å². The van der Waals surface area contributed by atoms with Gasteiger partial charge in [-0.2, -0.15) is 0 Å². The molecular formula is C15H22ClFN2O. The molecule has 112 valence electrons. The molecule has 1 aliphatic rings. The van der Waals surface area contributed by atoms with Crippen LogP contribution in [-0.4, -0.2) is 37.0 Å². The second-order valence-electron chi connectivity index (χ2n) is 5.40. The smallest absolute Gasteiger partial charge is 0.251 e. The summed E-state index contributed by atoms with van der Waals surface area (Å²) in [6.07, 6.45) is 4.49. The summed E-state index contributed by atoms with van der Waals surface area (Å²) in [6, 6.07) is 6.26. The molecule has 0 spiro atoms. The summed E-state index contributed by atoms with van der Waals surface area (Å²) in [5.74, 6) is -0.431. The lowest BCUT2D eigenvalue weighted by Crippen LogP contribution is -2.51. The molecule has 0 aromatic heterocycles. The minimum absolute atomic E-state index is 0. The zero-order valence-electron chi connectivity index (χ0n) is 11.9. The first-order valence-corrected chi connectivity index (χ1v) is 6.81. The van der Waals surface area contributed by atoms with E-state index in [2.05, 4.69) is 10.2 Å². The van der Waals surface area contributed by atoms with Crippen molar-refractivity contribution in [3.05, 3.63) is 35.6 Å². The molecule has 3 nitrogen and oxygen atoms in total. The number of hydrogen-bond acceptors (Lipinski definition) is 2. The van der Waals surface area contributed by atoms with E-state index >= 15 is 0 Å². The molecule has 20 heavy (non-hydrogen) atoms. The van der Waals surface area contributed by atoms with Crippen LogP contribution < -0.4 is 5.32 Å². The van der Waals surface area contributed by atoms with Crippen molar-refractivity contribution in [2.24, 2.45) is 0 Å². The monoisotopic (exact) mass is 300 g/mol. The molecule has 1 saturated carbocycles. The molecule has 0 bridgehead atoms. The fourth-order valence-electron chi connectivity index (χ4n) is 2.75. The molecule has 1 aliphatic carbocycles. The van der Waals surface area contributed by atoms with E-state index in [1.807, 2.05) is 14.1 Å². The van der Waals surface area contributed by atoms with Gasteiger partial charge in [0.2, 0.25) is 0 Å². The summed E-state index contributed by atoms with van der Waals surface area (Å²) in [4.78, 5) is 14.3. The molecule has 1 fully saturated rings. The van der Waals surface area contributed by atoms with Crippen LogP contribution in [-0.2, 0) is 0 Å². The van der Waals surface area contributed by atoms with Gasteiger partial charge in [0.15, 0.2) is 0 Å². The number of benzene rings is 1. The van der Waals surface area contributed by atoms with E-state index in [1.54, 1.807) is 0 Å². The number of nitrogens with zero attached hydrogens (tertiary/aromatic N) is 1. The number of carbonyl (C=O) groups is 1. The Morgan fingerprint density at radius 1 is 1.20 bits per heavy atom. The summed E-state index contributed by atoms with van der Waals surface area (Å²) in [6.45, 7) is 0. The minimum atomic E-state index is -0.319. The SMILES string of the molecule is CN(C)[C@@H]1CCCC[C@H]1NC(=O)c1ccc(F)cc1.Cl. The van der Waals surface area contributed by atoms with Gasteiger partial charge in [-0.3, -0.25) is 4.79 Å². The van der Waals surface area contributed by atoms with Crippen LogP contribution in [0.5, 0.6) is 0 Å². The molecule has 1 amide bonds. The highest BCUT2D eigenvalue weighted by atomic mass is 35.5. The Labute approximate surface area is 125 Å². The Morgan fingerprint density at radius 3 is 2.40 bits per heavy atom. The van der Waals surface area contributed by atoms with Crippen molar-refractivity contribution in [2.45, 2.75) is 37.8 Å². The number of hydrogen-bond donors (Lipinski definition) is 1. The first-order chi connectivity index (χ1) is 9.08. The Morgan fingerprint density at radius 2 is 1.80 bits per heavy atom. The summed E-state index contributed by atoms with van der Waals surface area (Å²) < 4.78 is 12.8. The first-order valence-electron chi connectivity index (χ1n) is 6.81. The van der Waals surface area contributed by atoms with Gasteiger partial charge in [-0.25, -0.2) is 4.39 Å². The predicted molar refractivity (Wildman–Crippen MR) is 80.8 cm³/mol. The van der Waals surface area contributed by atoms with Gasteiger partial charge in [0.1, 0.15) is 5.82 Å². The van der Waals surface area contributed by atoms with E-state index in [4.69, 9.17) is 0 Å². The van der Waals surface area contributed by atoms with Crippen molar-refractivity contribution in [3.8, 4) is 0 Å². The maximum absolute atomic E-state index is 12.8. The third kappa shape index (κ3) is 4.18. The molecule has 5 heteroatoms. The number of carbonyl (C=O) groups excluding carboxylic acids is 1. The van der Waals surface area contributed by atoms with Crippen LogP contribution in [0.15, 0.2) is 24.3 Å². The number of amides is 1. The van der Waals surface area contributed by atoms with E-state index in [1.165, 1.54) is 30.7 Å². The third-order valence-electron chi connectivity index (χ3n) is 3.82. The van der Waals surface area contributed by atoms with Crippen LogP contribution >= 0.6 is 12.4 Å². The average Bonchev–Trinajstić information content (AvgIpc) is 2.39. The summed E-state index contributed by atoms with van der Waals surface area (Å²) >= 11 is 0. The Kier molecular flexibility index (Phi) is 6.43. The lowest BCUT2D eigenvalue weighted by molar-refractivity contribution is 0.0883. The van der Waals surface area contributed by atoms with Gasteiger partial charge >= 0.3 is 0 Å². The van der Waals surface area contributed by atoms with Crippen molar-refractivity contribution in [1.82, 2.24) is 10.2 Å². The standard InChI is InChI=1S/C15H21FN2O.ClH/c1-18(2)14-6-4-3-5-13(14)17-15(19)11-7-9-12(16)10-8-11;/h7-10,13-14H,3-6H2,1-2H3,(H,17,19);1H/t13-,14-;/m1./s1. The summed E-state index contributed by atoms with van der Waals surface area (Å²) in [7, 11) is 4.10. The van der Waals surface area contributed by atoms with Crippen LogP contribution in [0.2, 0.25) is 0 Å². The highest BCUT2D eigenvalue weighted by Gasteiger charge is 2.28. The zero-order chi connectivity index (χ0) is 13.8. The molecule has 2 atom stereocenters. The molecule has 0 aliphatic heterocycles. The number of halogens is 2. The number of likely N-dealkylation sites (N-methyl/N-ethyl adjacent to an activating group) is 1. The van der Waals surface area contributed by atoms with E-state index in [-0.39, 0.29) is 30.2 Å². The quantitative estimate of drug-likeness (QED) is 0.931. The van der Waals surface area contributed by atoms with Gasteiger partial charge in [-0.05, 0) is 51.2 Å². The van der Waals surface area contributed by atoms with Crippen LogP contribution in [0.1, 0.15) is 36.0 Å². The Balaban J connectivity index is 0.00000200. The third-order valence-corrected chi connectivity index (χ3v) is 3.82. The van der Waals surface area contributed by atoms with Crippen molar-refractivity contribution in [2.75, 3.05) is 14.1 Å². The lowest BCUT2D eigenvalue weighted by Gasteiger charge is -2.36. The molecule has 1 aromatic carbocycles. The van der Waals surface area contributed by atoms with E-state index in [9.17, 15) is 9.18 Å². The predicted octanol–water partition coefficient (Wildman–Crippen LogP) is 2.85. The second-order valence-corrected chi connectivity index (χ2v) is 5.40. The Hall–Kier alpha value is -1.13. The van der Waals surface area contributed by atoms with Crippen molar-refractivity contribution in [1.29, 1.82) is 0 Å². The van der Waals surface area contributed by atoms with Crippen molar-refractivity contribution < 1.29 is 9.18 Å². The van der Waals surface area contributed by atoms with Gasteiger partial charge in [0.25, 0.3) is 5.91 Å². The molecular weight excluding hydrogens is 279 g/mol. The fourth-order valence-corrected chi connectivity index (χ4v) is 2.75. The normalized spacial score (nSPS) is 22.2. The van der Waals surface area contributed by atoms with Crippen LogP contribution in [0.4, 0.5) is 4.39 Å². The second kappa shape index (κ2) is 7.60. The van der Waals surface area contributed by atoms with Gasteiger partial charge in [0.05, 0.1) is 0 Å². The topological polar surface area (TPSA) is 32.3 Å². The molecule has 1 aromatic rings. The molecule has 0 unspecified atom stereocenters. The number of rotatable bonds is 3. The summed E-state index contributed by atoms with van der Waals surface area (Å²) in [5, 5.41) is 3.08. The highest BCUT2D eigenvalue weighted by molar-refractivity contribution is 5.94. The van der Waals surface area contributed by atoms with Crippen LogP contribution in [0.25, 0.3) is 0 Å². The fraction of sp³-hybridized carbons (Fsp3) is 0.533. The maximum Gasteiger partial charge on any atom is 0.251 e. The highest BCUT2D eigenvalue weighted by Crippen LogP contribution is 2.22. The van der Waals surface area contributed by atoms with Gasteiger partial charge in [0, 0.05) is 17.6 Å². The van der Waals surface area contributed by atoms with E-state index in [0.29, 0.717) is 11.6 Å². The first kappa shape index (κ1) is 16.9. The maximum atomic E-state index is 12.8. The van der Waals surface area contributed by atoms with Gasteiger partial charge < -0.3 is 10.2 Å². The van der Waals surface area contributed by atoms with Crippen LogP contribution in [0.3, 0.4) is 0 Å². The molecule has 2 rings (SSSR count). The van der Waals surface area contributed by atoms with Crippen molar-refractivity contribution in [3.63, 3.8) is 0 Å². The molecule has 1 N–H and O–H groups in total. The van der Waals surface area contributed by atoms with Gasteiger partial charge in [-0.1, -0.05) is 12.8 Å².